The number of phenolic OH excluding ortho intramolecular Hbond substituents is 6. The minimum atomic E-state index is -2.23. The Kier molecular flexibility index (Phi) is 19.2. The first-order valence-electron chi connectivity index (χ1n) is 24.9. The minimum Gasteiger partial charge on any atom is -0.508 e. The zero-order chi connectivity index (χ0) is 60.0. The molecule has 444 valence electrons. The molecule has 3 aliphatic rings. The number of esters is 3. The average Bonchev–Trinajstić information content (AvgIpc) is 2.88. The van der Waals surface area contributed by atoms with Gasteiger partial charge < -0.3 is 119 Å². The van der Waals surface area contributed by atoms with Crippen LogP contribution in [-0.4, -0.2) is 212 Å². The molecule has 0 radical (unpaired) electrons. The van der Waals surface area contributed by atoms with Crippen LogP contribution < -0.4 is 9.47 Å². The first kappa shape index (κ1) is 60.7. The number of aliphatic hydroxyl groups is 8. The molecule has 29 heteroatoms. The molecule has 1 aromatic heterocycles. The van der Waals surface area contributed by atoms with Crippen LogP contribution in [0, 0.1) is 0 Å². The highest BCUT2D eigenvalue weighted by molar-refractivity contribution is 5.91. The van der Waals surface area contributed by atoms with Crippen LogP contribution in [-0.2, 0) is 52.3 Å². The van der Waals surface area contributed by atoms with E-state index in [9.17, 15) is 90.7 Å². The van der Waals surface area contributed by atoms with Gasteiger partial charge in [-0.05, 0) is 47.5 Å². The van der Waals surface area contributed by atoms with E-state index in [1.807, 2.05) is 0 Å². The predicted octanol–water partition coefficient (Wildman–Crippen LogP) is -0.650. The first-order chi connectivity index (χ1) is 39.4. The molecule has 5 aromatic rings. The van der Waals surface area contributed by atoms with E-state index in [4.69, 9.17) is 52.2 Å². The molecular formula is C54H55O29+. The van der Waals surface area contributed by atoms with Gasteiger partial charge in [0.15, 0.2) is 29.6 Å². The summed E-state index contributed by atoms with van der Waals surface area (Å²) in [4.78, 5) is 48.8. The Labute approximate surface area is 466 Å². The summed E-state index contributed by atoms with van der Waals surface area (Å²) in [5.74, 6) is -9.96. The highest BCUT2D eigenvalue weighted by atomic mass is 16.8. The van der Waals surface area contributed by atoms with Crippen LogP contribution in [0.5, 0.6) is 46.0 Å². The van der Waals surface area contributed by atoms with Crippen molar-refractivity contribution in [2.24, 2.45) is 0 Å². The number of phenols is 6. The van der Waals surface area contributed by atoms with Crippen molar-refractivity contribution in [2.75, 3.05) is 19.8 Å². The summed E-state index contributed by atoms with van der Waals surface area (Å²) < 4.78 is 57.4. The van der Waals surface area contributed by atoms with Gasteiger partial charge in [0.1, 0.15) is 122 Å². The van der Waals surface area contributed by atoms with Crippen LogP contribution in [0.1, 0.15) is 17.5 Å². The third kappa shape index (κ3) is 14.6. The largest absolute Gasteiger partial charge is 0.508 e. The molecule has 4 aromatic carbocycles. The van der Waals surface area contributed by atoms with Gasteiger partial charge in [-0.15, -0.1) is 0 Å². The molecule has 0 spiro atoms. The molecule has 0 amide bonds. The van der Waals surface area contributed by atoms with Crippen molar-refractivity contribution >= 4 is 47.0 Å². The fourth-order valence-corrected chi connectivity index (χ4v) is 8.57. The number of aliphatic carboxylic acids is 1. The monoisotopic (exact) mass is 1170 g/mol. The lowest BCUT2D eigenvalue weighted by Gasteiger charge is -2.45. The molecular weight excluding hydrogens is 1110 g/mol. The van der Waals surface area contributed by atoms with Gasteiger partial charge in [-0.25, -0.2) is 14.0 Å². The van der Waals surface area contributed by atoms with Crippen molar-refractivity contribution < 1.29 is 143 Å². The van der Waals surface area contributed by atoms with Gasteiger partial charge in [0.25, 0.3) is 0 Å². The van der Waals surface area contributed by atoms with E-state index in [0.29, 0.717) is 11.1 Å². The molecule has 15 N–H and O–H groups in total. The van der Waals surface area contributed by atoms with E-state index < -0.39 is 182 Å². The second-order valence-corrected chi connectivity index (χ2v) is 18.9. The van der Waals surface area contributed by atoms with Crippen LogP contribution in [0.2, 0.25) is 0 Å². The maximum atomic E-state index is 13.0. The third-order valence-corrected chi connectivity index (χ3v) is 13.0. The Morgan fingerprint density at radius 3 is 1.51 bits per heavy atom. The van der Waals surface area contributed by atoms with E-state index in [1.54, 1.807) is 0 Å². The summed E-state index contributed by atoms with van der Waals surface area (Å²) in [6.07, 6.45) is -26.7. The number of carboxylic acid groups (broad SMARTS) is 1. The number of hydrogen-bond acceptors (Lipinski definition) is 27. The normalized spacial score (nSPS) is 28.2. The standard InChI is InChI=1S/C54H54O29/c55-25-7-1-22(2-8-25)5-11-38(62)74-19-34-42(66)46(70)49(73)53(81-34)83-51-47(71)44(68)36(20-75-39(63)12-6-23-3-9-26(56)10-4-23)82-54(51)79-33-17-28-31(77-50(33)24-13-29(58)41(65)30(59)14-24)15-27(57)16-32(28)78-52-48(72)45(69)43(67)35(80-52)21-76-40(64)18-37(60)61/h1-17,34-36,42-49,51-54,66-73H,18-21H2,(H6-,55,56,57,58,59,60,61,62,63,65)/p+1. The number of carboxylic acids is 1. The SMILES string of the molecule is O=C(O)CC(=O)OCC1OC(Oc2cc(O)cc3[o+]c(-c4cc(O)c(O)c(O)c4)c(OC4OC(COC(=O)C=Cc5ccc(O)cc5)C(O)C(O)C4OC4OC(COC(=O)C=Cc5ccc(O)cc5)C(O)C(O)C4O)cc23)C(O)C(O)C1O. The molecule has 8 rings (SSSR count). The third-order valence-electron chi connectivity index (χ3n) is 13.0. The van der Waals surface area contributed by atoms with Crippen molar-refractivity contribution in [3.05, 3.63) is 102 Å². The first-order valence-corrected chi connectivity index (χ1v) is 24.9. The second kappa shape index (κ2) is 26.2. The molecule has 3 fully saturated rings. The summed E-state index contributed by atoms with van der Waals surface area (Å²) in [5.41, 5.74) is 0.271. The van der Waals surface area contributed by atoms with Crippen LogP contribution in [0.3, 0.4) is 0 Å². The summed E-state index contributed by atoms with van der Waals surface area (Å²) in [6, 6.07) is 16.1. The van der Waals surface area contributed by atoms with Crippen LogP contribution in [0.25, 0.3) is 34.4 Å². The van der Waals surface area contributed by atoms with Crippen molar-refractivity contribution in [3.63, 3.8) is 0 Å². The molecule has 3 aliphatic heterocycles. The van der Waals surface area contributed by atoms with E-state index >= 15 is 0 Å². The molecule has 0 bridgehead atoms. The minimum absolute atomic E-state index is 0.0353. The van der Waals surface area contributed by atoms with Gasteiger partial charge in [0.05, 0.1) is 11.6 Å². The number of carbonyl (C=O) groups excluding carboxylic acids is 3. The molecule has 15 unspecified atom stereocenters. The molecule has 0 saturated carbocycles. The number of fused-ring (bicyclic) bond motifs is 1. The highest BCUT2D eigenvalue weighted by Gasteiger charge is 2.53. The quantitative estimate of drug-likeness (QED) is 0.0122. The zero-order valence-corrected chi connectivity index (χ0v) is 42.7. The van der Waals surface area contributed by atoms with Crippen LogP contribution in [0.4, 0.5) is 0 Å². The van der Waals surface area contributed by atoms with Crippen molar-refractivity contribution in [1.29, 1.82) is 0 Å². The topological polar surface area (TPSA) is 466 Å². The predicted molar refractivity (Wildman–Crippen MR) is 272 cm³/mol. The number of aromatic hydroxyl groups is 6. The molecule has 15 atom stereocenters. The molecule has 3 saturated heterocycles. The number of benzene rings is 4. The van der Waals surface area contributed by atoms with Gasteiger partial charge in [-0.2, -0.15) is 0 Å². The van der Waals surface area contributed by atoms with Crippen LogP contribution in [0.15, 0.2) is 95.4 Å². The Morgan fingerprint density at radius 1 is 0.506 bits per heavy atom. The van der Waals surface area contributed by atoms with Crippen LogP contribution >= 0.6 is 0 Å². The lowest BCUT2D eigenvalue weighted by atomic mass is 9.97. The number of hydrogen-bond donors (Lipinski definition) is 15. The fourth-order valence-electron chi connectivity index (χ4n) is 8.57. The lowest BCUT2D eigenvalue weighted by Crippen LogP contribution is -2.65. The molecule has 83 heavy (non-hydrogen) atoms. The smallest absolute Gasteiger partial charge is 0.402 e. The van der Waals surface area contributed by atoms with Gasteiger partial charge in [0, 0.05) is 36.4 Å². The average molecular weight is 1170 g/mol. The maximum absolute atomic E-state index is 13.0. The summed E-state index contributed by atoms with van der Waals surface area (Å²) in [6.45, 7) is -2.50. The van der Waals surface area contributed by atoms with Crippen molar-refractivity contribution in [2.45, 2.75) is 98.5 Å². The van der Waals surface area contributed by atoms with E-state index in [2.05, 4.69) is 0 Å². The number of rotatable bonds is 19. The number of aliphatic hydroxyl groups excluding tert-OH is 8. The number of ether oxygens (including phenoxy) is 9. The van der Waals surface area contributed by atoms with E-state index in [0.717, 1.165) is 42.5 Å². The van der Waals surface area contributed by atoms with Crippen molar-refractivity contribution in [1.82, 2.24) is 0 Å². The van der Waals surface area contributed by atoms with E-state index in [1.165, 1.54) is 60.7 Å². The van der Waals surface area contributed by atoms with Gasteiger partial charge in [-0.3, -0.25) is 9.59 Å². The highest BCUT2D eigenvalue weighted by Crippen LogP contribution is 2.46. The number of carbonyl (C=O) groups is 4. The van der Waals surface area contributed by atoms with Crippen molar-refractivity contribution in [3.8, 4) is 57.3 Å². The van der Waals surface area contributed by atoms with E-state index in [-0.39, 0.29) is 28.0 Å². The van der Waals surface area contributed by atoms with Gasteiger partial charge in [0.2, 0.25) is 18.3 Å². The maximum Gasteiger partial charge on any atom is 0.402 e. The summed E-state index contributed by atoms with van der Waals surface area (Å²) in [7, 11) is 0. The lowest BCUT2D eigenvalue weighted by molar-refractivity contribution is -0.358. The molecule has 29 nitrogen and oxygen atoms in total. The summed E-state index contributed by atoms with van der Waals surface area (Å²) >= 11 is 0. The molecule has 0 aliphatic carbocycles. The second-order valence-electron chi connectivity index (χ2n) is 18.9. The van der Waals surface area contributed by atoms with Gasteiger partial charge >= 0.3 is 35.2 Å². The summed E-state index contributed by atoms with van der Waals surface area (Å²) in [5, 5.41) is 160. The molecule has 4 heterocycles. The Bertz CT molecular complexity index is 3160. The zero-order valence-electron chi connectivity index (χ0n) is 42.7. The van der Waals surface area contributed by atoms with Gasteiger partial charge in [-0.1, -0.05) is 24.3 Å². The Hall–Kier alpha value is -8.43. The Morgan fingerprint density at radius 2 is 0.976 bits per heavy atom. The Balaban J connectivity index is 1.14. The fraction of sp³-hybridized carbons (Fsp3) is 0.352.